The Labute approximate surface area is 158 Å². The van der Waals surface area contributed by atoms with Gasteiger partial charge in [-0.1, -0.05) is 6.07 Å². The molecule has 0 aromatic carbocycles. The van der Waals surface area contributed by atoms with Gasteiger partial charge in [0, 0.05) is 38.5 Å². The van der Waals surface area contributed by atoms with Crippen molar-refractivity contribution in [3.63, 3.8) is 0 Å². The normalized spacial score (nSPS) is 20.0. The number of aromatic nitrogens is 3. The number of amides is 1. The molecule has 27 heavy (non-hydrogen) atoms. The van der Waals surface area contributed by atoms with E-state index in [-0.39, 0.29) is 11.8 Å². The van der Waals surface area contributed by atoms with Gasteiger partial charge in [0.1, 0.15) is 5.82 Å². The lowest BCUT2D eigenvalue weighted by Gasteiger charge is -2.36. The Morgan fingerprint density at radius 2 is 1.96 bits per heavy atom. The topological polar surface area (TPSA) is 83.5 Å². The van der Waals surface area contributed by atoms with E-state index in [1.165, 1.54) is 0 Å². The van der Waals surface area contributed by atoms with Crippen molar-refractivity contribution >= 4 is 23.4 Å². The molecule has 2 aromatic rings. The highest BCUT2D eigenvalue weighted by atomic mass is 16.5. The van der Waals surface area contributed by atoms with Crippen molar-refractivity contribution in [3.05, 3.63) is 36.0 Å². The summed E-state index contributed by atoms with van der Waals surface area (Å²) < 4.78 is 5.33. The largest absolute Gasteiger partial charge is 0.381 e. The van der Waals surface area contributed by atoms with Crippen LogP contribution in [0.4, 0.5) is 17.5 Å². The second-order valence-electron chi connectivity index (χ2n) is 6.94. The van der Waals surface area contributed by atoms with Crippen LogP contribution >= 0.6 is 0 Å². The summed E-state index contributed by atoms with van der Waals surface area (Å²) in [4.78, 5) is 21.0. The maximum Gasteiger partial charge on any atom is 0.228 e. The fraction of sp³-hybridized carbons (Fsp3) is 0.474. The smallest absolute Gasteiger partial charge is 0.228 e. The lowest BCUT2D eigenvalue weighted by atomic mass is 10.1. The van der Waals surface area contributed by atoms with Gasteiger partial charge < -0.3 is 19.9 Å². The number of carbonyl (C=O) groups is 1. The zero-order valence-corrected chi connectivity index (χ0v) is 15.5. The third kappa shape index (κ3) is 4.16. The maximum atomic E-state index is 12.5. The summed E-state index contributed by atoms with van der Waals surface area (Å²) in [5, 5.41) is 11.7. The van der Waals surface area contributed by atoms with E-state index in [1.54, 1.807) is 0 Å². The molecule has 4 heterocycles. The van der Waals surface area contributed by atoms with Crippen molar-refractivity contribution in [3.8, 4) is 0 Å². The second-order valence-corrected chi connectivity index (χ2v) is 6.94. The van der Waals surface area contributed by atoms with E-state index in [0.717, 1.165) is 36.8 Å². The summed E-state index contributed by atoms with van der Waals surface area (Å²) in [5.41, 5.74) is 0.946. The predicted molar refractivity (Wildman–Crippen MR) is 102 cm³/mol. The summed E-state index contributed by atoms with van der Waals surface area (Å²) in [6, 6.07) is 9.65. The van der Waals surface area contributed by atoms with Crippen molar-refractivity contribution in [2.45, 2.75) is 13.3 Å². The quantitative estimate of drug-likeness (QED) is 0.878. The molecule has 142 valence electrons. The number of rotatable bonds is 4. The van der Waals surface area contributed by atoms with Crippen molar-refractivity contribution in [1.82, 2.24) is 20.1 Å². The van der Waals surface area contributed by atoms with Gasteiger partial charge >= 0.3 is 0 Å². The average molecular weight is 368 g/mol. The Kier molecular flexibility index (Phi) is 5.15. The molecule has 1 N–H and O–H groups in total. The van der Waals surface area contributed by atoms with Gasteiger partial charge in [-0.25, -0.2) is 4.98 Å². The zero-order valence-electron chi connectivity index (χ0n) is 15.5. The van der Waals surface area contributed by atoms with E-state index >= 15 is 0 Å². The monoisotopic (exact) mass is 368 g/mol. The summed E-state index contributed by atoms with van der Waals surface area (Å²) in [5.74, 6) is 2.50. The molecule has 4 rings (SSSR count). The minimum Gasteiger partial charge on any atom is -0.381 e. The number of aryl methyl sites for hydroxylation is 1. The highest BCUT2D eigenvalue weighted by Gasteiger charge is 2.30. The summed E-state index contributed by atoms with van der Waals surface area (Å²) >= 11 is 0. The van der Waals surface area contributed by atoms with E-state index < -0.39 is 0 Å². The summed E-state index contributed by atoms with van der Waals surface area (Å²) in [7, 11) is 0. The fourth-order valence-electron chi connectivity index (χ4n) is 3.45. The summed E-state index contributed by atoms with van der Waals surface area (Å²) in [6.07, 6.45) is 0.842. The van der Waals surface area contributed by atoms with Gasteiger partial charge in [0.2, 0.25) is 5.91 Å². The average Bonchev–Trinajstić information content (AvgIpc) is 3.23. The van der Waals surface area contributed by atoms with Crippen molar-refractivity contribution in [1.29, 1.82) is 0 Å². The molecule has 1 amide bonds. The van der Waals surface area contributed by atoms with Gasteiger partial charge in [-0.3, -0.25) is 4.79 Å². The number of nitrogens with one attached hydrogen (secondary N) is 1. The predicted octanol–water partition coefficient (Wildman–Crippen LogP) is 1.61. The number of piperazine rings is 1. The van der Waals surface area contributed by atoms with Gasteiger partial charge in [-0.05, 0) is 37.6 Å². The van der Waals surface area contributed by atoms with E-state index in [1.807, 2.05) is 42.2 Å². The molecule has 0 saturated carbocycles. The maximum absolute atomic E-state index is 12.5. The van der Waals surface area contributed by atoms with Crippen LogP contribution in [0.25, 0.3) is 0 Å². The second kappa shape index (κ2) is 7.87. The molecule has 2 fully saturated rings. The molecule has 1 unspecified atom stereocenters. The first-order chi connectivity index (χ1) is 13.2. The zero-order chi connectivity index (χ0) is 18.6. The number of anilines is 3. The van der Waals surface area contributed by atoms with Crippen LogP contribution < -0.4 is 10.2 Å². The van der Waals surface area contributed by atoms with Gasteiger partial charge in [-0.15, -0.1) is 10.2 Å². The number of carbonyl (C=O) groups excluding carboxylic acids is 1. The van der Waals surface area contributed by atoms with Crippen LogP contribution in [0.1, 0.15) is 12.1 Å². The number of pyridine rings is 1. The Hall–Kier alpha value is -2.74. The number of nitrogens with zero attached hydrogens (tertiary/aromatic N) is 5. The van der Waals surface area contributed by atoms with E-state index in [2.05, 4.69) is 25.4 Å². The van der Waals surface area contributed by atoms with E-state index in [4.69, 9.17) is 4.74 Å². The van der Waals surface area contributed by atoms with Gasteiger partial charge in [-0.2, -0.15) is 0 Å². The molecule has 0 spiro atoms. The minimum atomic E-state index is 0.0388. The van der Waals surface area contributed by atoms with Crippen LogP contribution in [-0.2, 0) is 9.53 Å². The molecule has 0 aliphatic carbocycles. The van der Waals surface area contributed by atoms with Crippen LogP contribution in [0.2, 0.25) is 0 Å². The van der Waals surface area contributed by atoms with Crippen LogP contribution in [0.15, 0.2) is 30.3 Å². The lowest BCUT2D eigenvalue weighted by Crippen LogP contribution is -2.50. The van der Waals surface area contributed by atoms with Crippen molar-refractivity contribution in [2.24, 2.45) is 5.92 Å². The molecule has 8 nitrogen and oxygen atoms in total. The third-order valence-electron chi connectivity index (χ3n) is 4.99. The molecule has 1 atom stereocenters. The lowest BCUT2D eigenvalue weighted by molar-refractivity contribution is -0.135. The molecule has 2 saturated heterocycles. The van der Waals surface area contributed by atoms with Crippen LogP contribution in [0, 0.1) is 12.8 Å². The Bertz CT molecular complexity index is 783. The first-order valence-corrected chi connectivity index (χ1v) is 9.35. The van der Waals surface area contributed by atoms with E-state index in [9.17, 15) is 4.79 Å². The van der Waals surface area contributed by atoms with Crippen molar-refractivity contribution in [2.75, 3.05) is 49.6 Å². The minimum absolute atomic E-state index is 0.0388. The number of ether oxygens (including phenoxy) is 1. The van der Waals surface area contributed by atoms with E-state index in [0.29, 0.717) is 32.1 Å². The summed E-state index contributed by atoms with van der Waals surface area (Å²) in [6.45, 7) is 6.16. The Morgan fingerprint density at radius 3 is 2.63 bits per heavy atom. The number of hydrogen-bond donors (Lipinski definition) is 1. The molecular formula is C19H24N6O2. The molecule has 2 aromatic heterocycles. The molecule has 0 bridgehead atoms. The van der Waals surface area contributed by atoms with Gasteiger partial charge in [0.05, 0.1) is 12.5 Å². The fourth-order valence-corrected chi connectivity index (χ4v) is 3.45. The van der Waals surface area contributed by atoms with Crippen LogP contribution in [0.5, 0.6) is 0 Å². The Morgan fingerprint density at radius 1 is 1.11 bits per heavy atom. The van der Waals surface area contributed by atoms with Gasteiger partial charge in [0.25, 0.3) is 0 Å². The third-order valence-corrected chi connectivity index (χ3v) is 4.99. The highest BCUT2D eigenvalue weighted by Crippen LogP contribution is 2.20. The van der Waals surface area contributed by atoms with Crippen molar-refractivity contribution < 1.29 is 9.53 Å². The van der Waals surface area contributed by atoms with Gasteiger partial charge in [0.15, 0.2) is 11.6 Å². The van der Waals surface area contributed by atoms with Crippen LogP contribution in [-0.4, -0.2) is 65.4 Å². The SMILES string of the molecule is Cc1cccc(Nc2ccc(N3CCN(C(=O)C4CCOC4)CC3)nn2)n1. The Balaban J connectivity index is 1.32. The number of hydrogen-bond acceptors (Lipinski definition) is 7. The highest BCUT2D eigenvalue weighted by molar-refractivity contribution is 5.79. The molecular weight excluding hydrogens is 344 g/mol. The first-order valence-electron chi connectivity index (χ1n) is 9.35. The first kappa shape index (κ1) is 17.7. The molecule has 2 aliphatic heterocycles. The molecule has 0 radical (unpaired) electrons. The van der Waals surface area contributed by atoms with Crippen LogP contribution in [0.3, 0.4) is 0 Å². The molecule has 8 heteroatoms. The standard InChI is InChI=1S/C19H24N6O2/c1-14-3-2-4-16(20-14)21-17-5-6-18(23-22-17)24-8-10-25(11-9-24)19(26)15-7-12-27-13-15/h2-6,15H,7-13H2,1H3,(H,20,21,22). The molecule has 2 aliphatic rings.